The molecule has 1 amide bonds. The molecular weight excluding hydrogens is 290 g/mol. The molecule has 1 aliphatic carbocycles. The van der Waals surface area contributed by atoms with Gasteiger partial charge in [0.15, 0.2) is 0 Å². The molecule has 5 heteroatoms. The molecule has 23 heavy (non-hydrogen) atoms. The molecular formula is C18H25N3O2. The van der Waals surface area contributed by atoms with Crippen LogP contribution in [0.1, 0.15) is 62.0 Å². The third-order valence-corrected chi connectivity index (χ3v) is 5.70. The summed E-state index contributed by atoms with van der Waals surface area (Å²) in [5.41, 5.74) is 1.75. The molecule has 124 valence electrons. The van der Waals surface area contributed by atoms with Crippen LogP contribution in [0.4, 0.5) is 0 Å². The summed E-state index contributed by atoms with van der Waals surface area (Å²) in [7, 11) is 0. The Morgan fingerprint density at radius 1 is 1.35 bits per heavy atom. The van der Waals surface area contributed by atoms with E-state index in [2.05, 4.69) is 9.97 Å². The third kappa shape index (κ3) is 2.75. The number of rotatable bonds is 3. The summed E-state index contributed by atoms with van der Waals surface area (Å²) in [4.78, 5) is 23.1. The van der Waals surface area contributed by atoms with Crippen molar-refractivity contribution in [2.75, 3.05) is 13.1 Å². The fourth-order valence-electron chi connectivity index (χ4n) is 4.26. The first kappa shape index (κ1) is 15.1. The van der Waals surface area contributed by atoms with Gasteiger partial charge in [-0.3, -0.25) is 4.79 Å². The summed E-state index contributed by atoms with van der Waals surface area (Å²) in [6, 6.07) is 0. The fourth-order valence-corrected chi connectivity index (χ4v) is 4.26. The highest BCUT2D eigenvalue weighted by Crippen LogP contribution is 2.42. The normalized spacial score (nSPS) is 22.9. The average molecular weight is 315 g/mol. The molecule has 0 bridgehead atoms. The molecule has 1 spiro atoms. The van der Waals surface area contributed by atoms with Crippen molar-refractivity contribution in [1.29, 1.82) is 0 Å². The lowest BCUT2D eigenvalue weighted by Gasteiger charge is -2.47. The van der Waals surface area contributed by atoms with Crippen molar-refractivity contribution in [1.82, 2.24) is 14.9 Å². The molecule has 3 heterocycles. The summed E-state index contributed by atoms with van der Waals surface area (Å²) in [6.45, 7) is 3.77. The van der Waals surface area contributed by atoms with Crippen molar-refractivity contribution in [2.45, 2.75) is 64.1 Å². The van der Waals surface area contributed by atoms with Gasteiger partial charge in [0.25, 0.3) is 0 Å². The van der Waals surface area contributed by atoms with E-state index in [9.17, 15) is 4.79 Å². The minimum absolute atomic E-state index is 0.284. The van der Waals surface area contributed by atoms with E-state index in [1.807, 2.05) is 18.0 Å². The molecule has 0 aromatic carbocycles. The van der Waals surface area contributed by atoms with Crippen LogP contribution in [-0.2, 0) is 21.7 Å². The van der Waals surface area contributed by atoms with Crippen molar-refractivity contribution >= 4 is 5.91 Å². The standard InChI is InChI=1S/C18H25N3O2/c1-13-19-9-15-16(20-13)10-23-18(15)11-21(12-18)17(22)8-7-14-5-3-2-4-6-14/h9,14H,2-8,10-12H2,1H3. The van der Waals surface area contributed by atoms with Crippen molar-refractivity contribution in [3.63, 3.8) is 0 Å². The number of aromatic nitrogens is 2. The van der Waals surface area contributed by atoms with Crippen molar-refractivity contribution in [2.24, 2.45) is 5.92 Å². The Kier molecular flexibility index (Phi) is 3.84. The Balaban J connectivity index is 1.32. The molecule has 5 nitrogen and oxygen atoms in total. The van der Waals surface area contributed by atoms with Crippen LogP contribution in [0.5, 0.6) is 0 Å². The van der Waals surface area contributed by atoms with Crippen LogP contribution in [0, 0.1) is 12.8 Å². The van der Waals surface area contributed by atoms with Crippen LogP contribution in [0.3, 0.4) is 0 Å². The second-order valence-corrected chi connectivity index (χ2v) is 7.35. The van der Waals surface area contributed by atoms with Gasteiger partial charge in [-0.2, -0.15) is 0 Å². The van der Waals surface area contributed by atoms with Gasteiger partial charge in [-0.05, 0) is 19.3 Å². The largest absolute Gasteiger partial charge is 0.360 e. The summed E-state index contributed by atoms with van der Waals surface area (Å²) in [5.74, 6) is 1.83. The first-order chi connectivity index (χ1) is 11.2. The lowest BCUT2D eigenvalue weighted by Crippen LogP contribution is -2.61. The number of likely N-dealkylation sites (tertiary alicyclic amines) is 1. The van der Waals surface area contributed by atoms with E-state index in [-0.39, 0.29) is 11.5 Å². The Hall–Kier alpha value is -1.49. The van der Waals surface area contributed by atoms with Gasteiger partial charge >= 0.3 is 0 Å². The number of amides is 1. The molecule has 3 aliphatic rings. The minimum atomic E-state index is -0.330. The van der Waals surface area contributed by atoms with Crippen LogP contribution >= 0.6 is 0 Å². The predicted octanol–water partition coefficient (Wildman–Crippen LogP) is 2.71. The molecule has 0 atom stereocenters. The molecule has 0 N–H and O–H groups in total. The number of ether oxygens (including phenoxy) is 1. The van der Waals surface area contributed by atoms with Crippen molar-refractivity contribution < 1.29 is 9.53 Å². The molecule has 1 saturated carbocycles. The zero-order valence-electron chi connectivity index (χ0n) is 13.9. The Bertz CT molecular complexity index is 604. The quantitative estimate of drug-likeness (QED) is 0.860. The minimum Gasteiger partial charge on any atom is -0.360 e. The maximum atomic E-state index is 12.4. The van der Waals surface area contributed by atoms with E-state index in [1.54, 1.807) is 0 Å². The van der Waals surface area contributed by atoms with Gasteiger partial charge in [0.2, 0.25) is 5.91 Å². The van der Waals surface area contributed by atoms with E-state index in [4.69, 9.17) is 4.74 Å². The van der Waals surface area contributed by atoms with E-state index in [0.717, 1.165) is 29.4 Å². The monoisotopic (exact) mass is 315 g/mol. The topological polar surface area (TPSA) is 55.3 Å². The van der Waals surface area contributed by atoms with Gasteiger partial charge < -0.3 is 9.64 Å². The molecule has 4 rings (SSSR count). The Morgan fingerprint density at radius 3 is 2.91 bits per heavy atom. The van der Waals surface area contributed by atoms with E-state index in [0.29, 0.717) is 26.1 Å². The summed E-state index contributed by atoms with van der Waals surface area (Å²) in [5, 5.41) is 0. The zero-order chi connectivity index (χ0) is 15.9. The maximum Gasteiger partial charge on any atom is 0.222 e. The molecule has 1 aromatic rings. The molecule has 2 aliphatic heterocycles. The number of hydrogen-bond donors (Lipinski definition) is 0. The van der Waals surface area contributed by atoms with Crippen LogP contribution in [0.15, 0.2) is 6.20 Å². The van der Waals surface area contributed by atoms with Crippen LogP contribution in [0.2, 0.25) is 0 Å². The summed E-state index contributed by atoms with van der Waals surface area (Å²) >= 11 is 0. The third-order valence-electron chi connectivity index (χ3n) is 5.70. The second kappa shape index (κ2) is 5.86. The van der Waals surface area contributed by atoms with Crippen LogP contribution in [0.25, 0.3) is 0 Å². The highest BCUT2D eigenvalue weighted by Gasteiger charge is 2.52. The van der Waals surface area contributed by atoms with Gasteiger partial charge in [-0.1, -0.05) is 32.1 Å². The predicted molar refractivity (Wildman–Crippen MR) is 85.6 cm³/mol. The second-order valence-electron chi connectivity index (χ2n) is 7.35. The smallest absolute Gasteiger partial charge is 0.222 e. The Morgan fingerprint density at radius 2 is 2.13 bits per heavy atom. The fraction of sp³-hybridized carbons (Fsp3) is 0.722. The van der Waals surface area contributed by atoms with E-state index < -0.39 is 0 Å². The van der Waals surface area contributed by atoms with Gasteiger partial charge in [0.1, 0.15) is 11.4 Å². The lowest BCUT2D eigenvalue weighted by atomic mass is 9.84. The van der Waals surface area contributed by atoms with Crippen LogP contribution < -0.4 is 0 Å². The maximum absolute atomic E-state index is 12.4. The van der Waals surface area contributed by atoms with E-state index in [1.165, 1.54) is 32.1 Å². The SMILES string of the molecule is Cc1ncc2c(n1)COC21CN(C(=O)CCC2CCCCC2)C1. The van der Waals surface area contributed by atoms with Crippen LogP contribution in [-0.4, -0.2) is 33.9 Å². The molecule has 1 saturated heterocycles. The van der Waals surface area contributed by atoms with Gasteiger partial charge in [-0.25, -0.2) is 9.97 Å². The Labute approximate surface area is 137 Å². The number of nitrogens with zero attached hydrogens (tertiary/aromatic N) is 3. The zero-order valence-corrected chi connectivity index (χ0v) is 13.9. The van der Waals surface area contributed by atoms with Gasteiger partial charge in [0.05, 0.1) is 25.4 Å². The number of carbonyl (C=O) groups excluding carboxylic acids is 1. The molecule has 0 radical (unpaired) electrons. The van der Waals surface area contributed by atoms with Gasteiger partial charge in [-0.15, -0.1) is 0 Å². The summed E-state index contributed by atoms with van der Waals surface area (Å²) in [6.07, 6.45) is 10.3. The first-order valence-corrected chi connectivity index (χ1v) is 8.91. The summed E-state index contributed by atoms with van der Waals surface area (Å²) < 4.78 is 5.98. The van der Waals surface area contributed by atoms with Gasteiger partial charge in [0, 0.05) is 18.2 Å². The number of hydrogen-bond acceptors (Lipinski definition) is 4. The molecule has 1 aromatic heterocycles. The highest BCUT2D eigenvalue weighted by molar-refractivity contribution is 5.77. The van der Waals surface area contributed by atoms with Crippen molar-refractivity contribution in [3.8, 4) is 0 Å². The first-order valence-electron chi connectivity index (χ1n) is 8.91. The van der Waals surface area contributed by atoms with Crippen molar-refractivity contribution in [3.05, 3.63) is 23.3 Å². The van der Waals surface area contributed by atoms with E-state index >= 15 is 0 Å². The number of aryl methyl sites for hydroxylation is 1. The lowest BCUT2D eigenvalue weighted by molar-refractivity contribution is -0.169. The molecule has 0 unspecified atom stereocenters. The molecule has 2 fully saturated rings. The average Bonchev–Trinajstić information content (AvgIpc) is 2.91. The highest BCUT2D eigenvalue weighted by atomic mass is 16.5. The number of fused-ring (bicyclic) bond motifs is 2. The number of carbonyl (C=O) groups is 1.